The molecule has 4 aromatic rings. The highest BCUT2D eigenvalue weighted by molar-refractivity contribution is 5.86. The van der Waals surface area contributed by atoms with Gasteiger partial charge in [0.25, 0.3) is 0 Å². The van der Waals surface area contributed by atoms with E-state index in [2.05, 4.69) is 6.07 Å². The Hall–Kier alpha value is -3.51. The lowest BCUT2D eigenvalue weighted by atomic mass is 10.0. The highest BCUT2D eigenvalue weighted by atomic mass is 14.8. The summed E-state index contributed by atoms with van der Waals surface area (Å²) < 4.78 is 0. The Morgan fingerprint density at radius 2 is 1.08 bits per heavy atom. The maximum absolute atomic E-state index is 9.00. The Morgan fingerprint density at radius 1 is 0.583 bits per heavy atom. The van der Waals surface area contributed by atoms with Crippen molar-refractivity contribution in [3.63, 3.8) is 0 Å². The summed E-state index contributed by atoms with van der Waals surface area (Å²) in [6.45, 7) is 0. The summed E-state index contributed by atoms with van der Waals surface area (Å²) in [5, 5.41) is 9.00. The van der Waals surface area contributed by atoms with Crippen LogP contribution in [0.1, 0.15) is 5.56 Å². The standard InChI is InChI=1S/C21H13N3/c22-14-15-10-12-17(13-11-15)21-20(16-6-2-1-3-7-16)23-18-8-4-5-9-19(18)24-21/h1-13H. The average Bonchev–Trinajstić information content (AvgIpc) is 2.68. The molecule has 1 heterocycles. The van der Waals surface area contributed by atoms with Crippen molar-refractivity contribution in [3.05, 3.63) is 84.4 Å². The summed E-state index contributed by atoms with van der Waals surface area (Å²) in [5.74, 6) is 0. The molecule has 0 unspecified atom stereocenters. The minimum absolute atomic E-state index is 0.633. The van der Waals surface area contributed by atoms with Gasteiger partial charge in [-0.3, -0.25) is 0 Å². The maximum atomic E-state index is 9.00. The van der Waals surface area contributed by atoms with E-state index in [0.29, 0.717) is 5.56 Å². The molecule has 1 aromatic heterocycles. The van der Waals surface area contributed by atoms with Crippen LogP contribution in [0.15, 0.2) is 78.9 Å². The van der Waals surface area contributed by atoms with Gasteiger partial charge >= 0.3 is 0 Å². The molecule has 0 radical (unpaired) electrons. The van der Waals surface area contributed by atoms with E-state index in [1.54, 1.807) is 12.1 Å². The molecule has 0 aliphatic heterocycles. The predicted octanol–water partition coefficient (Wildman–Crippen LogP) is 4.84. The van der Waals surface area contributed by atoms with Crippen molar-refractivity contribution < 1.29 is 0 Å². The first-order chi connectivity index (χ1) is 11.8. The second-order valence-corrected chi connectivity index (χ2v) is 5.46. The van der Waals surface area contributed by atoms with Crippen molar-refractivity contribution in [2.45, 2.75) is 0 Å². The van der Waals surface area contributed by atoms with Crippen LogP contribution in [0.25, 0.3) is 33.5 Å². The Morgan fingerprint density at radius 3 is 1.62 bits per heavy atom. The lowest BCUT2D eigenvalue weighted by Gasteiger charge is -2.10. The van der Waals surface area contributed by atoms with Crippen molar-refractivity contribution in [2.75, 3.05) is 0 Å². The van der Waals surface area contributed by atoms with Crippen molar-refractivity contribution >= 4 is 11.0 Å². The van der Waals surface area contributed by atoms with Crippen molar-refractivity contribution in [1.82, 2.24) is 9.97 Å². The van der Waals surface area contributed by atoms with E-state index in [4.69, 9.17) is 15.2 Å². The Kier molecular flexibility index (Phi) is 3.49. The van der Waals surface area contributed by atoms with Gasteiger partial charge in [-0.05, 0) is 24.3 Å². The zero-order chi connectivity index (χ0) is 16.4. The van der Waals surface area contributed by atoms with Crippen molar-refractivity contribution in [3.8, 4) is 28.6 Å². The molecule has 0 atom stereocenters. The highest BCUT2D eigenvalue weighted by Gasteiger charge is 2.12. The topological polar surface area (TPSA) is 49.6 Å². The number of nitrogens with zero attached hydrogens (tertiary/aromatic N) is 3. The molecule has 0 spiro atoms. The zero-order valence-corrected chi connectivity index (χ0v) is 12.8. The van der Waals surface area contributed by atoms with Gasteiger partial charge in [0.1, 0.15) is 0 Å². The maximum Gasteiger partial charge on any atom is 0.0991 e. The summed E-state index contributed by atoms with van der Waals surface area (Å²) in [6.07, 6.45) is 0. The average molecular weight is 307 g/mol. The van der Waals surface area contributed by atoms with E-state index in [1.807, 2.05) is 66.7 Å². The summed E-state index contributed by atoms with van der Waals surface area (Å²) in [5.41, 5.74) is 6.00. The minimum Gasteiger partial charge on any atom is -0.244 e. The normalized spacial score (nSPS) is 10.5. The van der Waals surface area contributed by atoms with Crippen LogP contribution in [0.5, 0.6) is 0 Å². The van der Waals surface area contributed by atoms with Gasteiger partial charge in [0, 0.05) is 11.1 Å². The third-order valence-electron chi connectivity index (χ3n) is 3.91. The van der Waals surface area contributed by atoms with Crippen LogP contribution in [0.2, 0.25) is 0 Å². The molecule has 4 rings (SSSR count). The number of nitriles is 1. The van der Waals surface area contributed by atoms with Crippen LogP contribution in [0.4, 0.5) is 0 Å². The number of hydrogen-bond donors (Lipinski definition) is 0. The second-order valence-electron chi connectivity index (χ2n) is 5.46. The largest absolute Gasteiger partial charge is 0.244 e. The molecule has 3 nitrogen and oxygen atoms in total. The molecule has 0 aliphatic rings. The van der Waals surface area contributed by atoms with E-state index < -0.39 is 0 Å². The van der Waals surface area contributed by atoms with Crippen LogP contribution >= 0.6 is 0 Å². The molecule has 0 aliphatic carbocycles. The third kappa shape index (κ3) is 2.51. The van der Waals surface area contributed by atoms with Gasteiger partial charge in [-0.2, -0.15) is 5.26 Å². The SMILES string of the molecule is N#Cc1ccc(-c2nc3ccccc3nc2-c2ccccc2)cc1. The summed E-state index contributed by atoms with van der Waals surface area (Å²) in [4.78, 5) is 9.67. The van der Waals surface area contributed by atoms with E-state index in [9.17, 15) is 0 Å². The molecular formula is C21H13N3. The molecule has 0 bridgehead atoms. The molecular weight excluding hydrogens is 294 g/mol. The first-order valence-electron chi connectivity index (χ1n) is 7.68. The fraction of sp³-hybridized carbons (Fsp3) is 0. The van der Waals surface area contributed by atoms with Gasteiger partial charge < -0.3 is 0 Å². The summed E-state index contributed by atoms with van der Waals surface area (Å²) >= 11 is 0. The van der Waals surface area contributed by atoms with E-state index in [0.717, 1.165) is 33.5 Å². The lowest BCUT2D eigenvalue weighted by molar-refractivity contribution is 1.29. The van der Waals surface area contributed by atoms with Gasteiger partial charge in [0.05, 0.1) is 34.1 Å². The highest BCUT2D eigenvalue weighted by Crippen LogP contribution is 2.30. The van der Waals surface area contributed by atoms with Gasteiger partial charge in [0.15, 0.2) is 0 Å². The van der Waals surface area contributed by atoms with E-state index in [1.165, 1.54) is 0 Å². The first kappa shape index (κ1) is 14.1. The van der Waals surface area contributed by atoms with Crippen LogP contribution in [0.3, 0.4) is 0 Å². The quantitative estimate of drug-likeness (QED) is 0.532. The minimum atomic E-state index is 0.633. The smallest absolute Gasteiger partial charge is 0.0991 e. The number of para-hydroxylation sites is 2. The molecule has 3 heteroatoms. The Balaban J connectivity index is 1.99. The van der Waals surface area contributed by atoms with Crippen molar-refractivity contribution in [2.24, 2.45) is 0 Å². The summed E-state index contributed by atoms with van der Waals surface area (Å²) in [6, 6.07) is 27.5. The molecule has 0 fully saturated rings. The lowest BCUT2D eigenvalue weighted by Crippen LogP contribution is -1.95. The summed E-state index contributed by atoms with van der Waals surface area (Å²) in [7, 11) is 0. The number of rotatable bonds is 2. The fourth-order valence-corrected chi connectivity index (χ4v) is 2.70. The second kappa shape index (κ2) is 5.94. The molecule has 112 valence electrons. The number of fused-ring (bicyclic) bond motifs is 1. The van der Waals surface area contributed by atoms with Gasteiger partial charge in [-0.25, -0.2) is 9.97 Å². The van der Waals surface area contributed by atoms with Gasteiger partial charge in [-0.15, -0.1) is 0 Å². The molecule has 24 heavy (non-hydrogen) atoms. The van der Waals surface area contributed by atoms with Crippen LogP contribution in [0, 0.1) is 11.3 Å². The molecule has 0 saturated carbocycles. The first-order valence-corrected chi connectivity index (χ1v) is 7.68. The van der Waals surface area contributed by atoms with Crippen LogP contribution in [-0.4, -0.2) is 9.97 Å². The third-order valence-corrected chi connectivity index (χ3v) is 3.91. The molecule has 0 saturated heterocycles. The van der Waals surface area contributed by atoms with Gasteiger partial charge in [0.2, 0.25) is 0 Å². The van der Waals surface area contributed by atoms with Gasteiger partial charge in [-0.1, -0.05) is 54.6 Å². The van der Waals surface area contributed by atoms with E-state index in [-0.39, 0.29) is 0 Å². The van der Waals surface area contributed by atoms with Crippen molar-refractivity contribution in [1.29, 1.82) is 5.26 Å². The molecule has 0 N–H and O–H groups in total. The predicted molar refractivity (Wildman–Crippen MR) is 95.1 cm³/mol. The number of aromatic nitrogens is 2. The number of benzene rings is 3. The zero-order valence-electron chi connectivity index (χ0n) is 12.8. The van der Waals surface area contributed by atoms with Crippen LogP contribution in [-0.2, 0) is 0 Å². The monoisotopic (exact) mass is 307 g/mol. The fourth-order valence-electron chi connectivity index (χ4n) is 2.70. The van der Waals surface area contributed by atoms with E-state index >= 15 is 0 Å². The number of hydrogen-bond acceptors (Lipinski definition) is 3. The molecule has 3 aromatic carbocycles. The Labute approximate surface area is 139 Å². The van der Waals surface area contributed by atoms with Crippen LogP contribution < -0.4 is 0 Å². The molecule has 0 amide bonds. The Bertz CT molecular complexity index is 1050.